The number of alkyl halides is 1. The number of anilines is 2. The van der Waals surface area contributed by atoms with Crippen molar-refractivity contribution in [2.24, 2.45) is 17.8 Å². The summed E-state index contributed by atoms with van der Waals surface area (Å²) in [6, 6.07) is 5.94. The van der Waals surface area contributed by atoms with Gasteiger partial charge >= 0.3 is 0 Å². The molecule has 4 aliphatic rings. The summed E-state index contributed by atoms with van der Waals surface area (Å²) >= 11 is 6.67. The number of halogens is 2. The Morgan fingerprint density at radius 1 is 1.14 bits per heavy atom. The van der Waals surface area contributed by atoms with E-state index in [1.807, 2.05) is 19.1 Å². The Balaban J connectivity index is 1.13. The Morgan fingerprint density at radius 3 is 2.64 bits per heavy atom. The van der Waals surface area contributed by atoms with Gasteiger partial charge in [0.2, 0.25) is 5.91 Å². The quantitative estimate of drug-likeness (QED) is 0.644. The zero-order valence-electron chi connectivity index (χ0n) is 20.7. The average Bonchev–Trinajstić information content (AvgIpc) is 3.63. The van der Waals surface area contributed by atoms with Crippen LogP contribution in [0.25, 0.3) is 10.8 Å². The Hall–Kier alpha value is -2.00. The van der Waals surface area contributed by atoms with Gasteiger partial charge in [-0.3, -0.25) is 9.69 Å². The fourth-order valence-electron chi connectivity index (χ4n) is 6.25. The van der Waals surface area contributed by atoms with Crippen LogP contribution in [-0.2, 0) is 14.3 Å². The summed E-state index contributed by atoms with van der Waals surface area (Å²) in [6.45, 7) is 7.22. The van der Waals surface area contributed by atoms with Gasteiger partial charge in [0.25, 0.3) is 0 Å². The SMILES string of the molecule is C[C@]1(N2CCN(c3cc4cc(NC(=O)[C@H]5CC5C5CCOCC5)ncc4cc3Cl)CC2)COC[C@H]1F. The van der Waals surface area contributed by atoms with Gasteiger partial charge in [-0.15, -0.1) is 0 Å². The maximum atomic E-state index is 14.5. The molecule has 4 heterocycles. The Kier molecular flexibility index (Phi) is 6.56. The van der Waals surface area contributed by atoms with E-state index in [1.165, 1.54) is 0 Å². The fraction of sp³-hybridized carbons (Fsp3) is 0.630. The average molecular weight is 517 g/mol. The van der Waals surface area contributed by atoms with Crippen LogP contribution < -0.4 is 10.2 Å². The Labute approximate surface area is 216 Å². The first-order chi connectivity index (χ1) is 17.4. The number of benzene rings is 1. The second kappa shape index (κ2) is 9.71. The summed E-state index contributed by atoms with van der Waals surface area (Å²) in [7, 11) is 0. The molecule has 0 radical (unpaired) electrons. The summed E-state index contributed by atoms with van der Waals surface area (Å²) < 4.78 is 25.3. The second-order valence-electron chi connectivity index (χ2n) is 11.0. The zero-order chi connectivity index (χ0) is 24.9. The van der Waals surface area contributed by atoms with E-state index < -0.39 is 11.7 Å². The molecule has 1 amide bonds. The molecule has 4 fully saturated rings. The summed E-state index contributed by atoms with van der Waals surface area (Å²) in [6.07, 6.45) is 3.88. The van der Waals surface area contributed by atoms with Gasteiger partial charge in [-0.1, -0.05) is 11.6 Å². The number of piperazine rings is 1. The van der Waals surface area contributed by atoms with Gasteiger partial charge in [0, 0.05) is 56.9 Å². The summed E-state index contributed by atoms with van der Waals surface area (Å²) in [5.41, 5.74) is 0.405. The van der Waals surface area contributed by atoms with Crippen molar-refractivity contribution >= 4 is 39.8 Å². The number of pyridine rings is 1. The number of nitrogens with one attached hydrogen (secondary N) is 1. The van der Waals surface area contributed by atoms with Gasteiger partial charge in [0.05, 0.1) is 29.5 Å². The monoisotopic (exact) mass is 516 g/mol. The molecule has 6 rings (SSSR count). The molecule has 9 heteroatoms. The molecule has 3 aliphatic heterocycles. The lowest BCUT2D eigenvalue weighted by molar-refractivity contribution is -0.117. The highest BCUT2D eigenvalue weighted by molar-refractivity contribution is 6.34. The summed E-state index contributed by atoms with van der Waals surface area (Å²) in [5, 5.41) is 5.63. The minimum Gasteiger partial charge on any atom is -0.381 e. The molecule has 1 aliphatic carbocycles. The molecule has 7 nitrogen and oxygen atoms in total. The van der Waals surface area contributed by atoms with E-state index in [1.54, 1.807) is 6.20 Å². The number of hydrogen-bond donors (Lipinski definition) is 1. The molecule has 4 atom stereocenters. The first kappa shape index (κ1) is 24.3. The standard InChI is InChI=1S/C27H34ClFN4O3/c1-27(16-36-15-24(27)29)33-6-4-32(5-7-33)23-11-18-12-25(30-14-19(18)10-22(23)28)31-26(34)21-13-20(21)17-2-8-35-9-3-17/h10-12,14,17,20-21,24H,2-9,13,15-16H2,1H3,(H,30,31,34)/t20?,21-,24+,27-/m0/s1. The maximum absolute atomic E-state index is 14.5. The summed E-state index contributed by atoms with van der Waals surface area (Å²) in [5.74, 6) is 1.80. The van der Waals surface area contributed by atoms with Crippen molar-refractivity contribution < 1.29 is 18.7 Å². The van der Waals surface area contributed by atoms with Crippen LogP contribution in [0.5, 0.6) is 0 Å². The Morgan fingerprint density at radius 2 is 1.92 bits per heavy atom. The molecular formula is C27H34ClFN4O3. The topological polar surface area (TPSA) is 66.9 Å². The number of fused-ring (bicyclic) bond motifs is 1. The normalized spacial score (nSPS) is 31.6. The van der Waals surface area contributed by atoms with Crippen LogP contribution >= 0.6 is 11.6 Å². The number of ether oxygens (including phenoxy) is 2. The molecular weight excluding hydrogens is 483 g/mol. The molecule has 194 valence electrons. The first-order valence-electron chi connectivity index (χ1n) is 13.1. The molecule has 1 aromatic carbocycles. The minimum atomic E-state index is -0.961. The zero-order valence-corrected chi connectivity index (χ0v) is 21.5. The summed E-state index contributed by atoms with van der Waals surface area (Å²) in [4.78, 5) is 21.8. The van der Waals surface area contributed by atoms with E-state index in [-0.39, 0.29) is 18.4 Å². The third kappa shape index (κ3) is 4.57. The number of carbonyl (C=O) groups excluding carboxylic acids is 1. The number of carbonyl (C=O) groups is 1. The van der Waals surface area contributed by atoms with Crippen LogP contribution in [0, 0.1) is 17.8 Å². The number of hydrogen-bond acceptors (Lipinski definition) is 6. The molecule has 1 saturated carbocycles. The highest BCUT2D eigenvalue weighted by Gasteiger charge is 2.48. The van der Waals surface area contributed by atoms with E-state index in [0.29, 0.717) is 29.3 Å². The molecule has 2 aromatic rings. The predicted octanol–water partition coefficient (Wildman–Crippen LogP) is 4.14. The second-order valence-corrected chi connectivity index (χ2v) is 11.4. The molecule has 3 saturated heterocycles. The van der Waals surface area contributed by atoms with Crippen molar-refractivity contribution in [1.82, 2.24) is 9.88 Å². The lowest BCUT2D eigenvalue weighted by atomic mass is 9.93. The van der Waals surface area contributed by atoms with Gasteiger partial charge in [-0.05, 0) is 61.6 Å². The molecule has 0 bridgehead atoms. The van der Waals surface area contributed by atoms with Gasteiger partial charge in [0.1, 0.15) is 12.0 Å². The van der Waals surface area contributed by atoms with Gasteiger partial charge in [-0.2, -0.15) is 0 Å². The lowest BCUT2D eigenvalue weighted by Gasteiger charge is -2.44. The number of rotatable bonds is 5. The molecule has 1 unspecified atom stereocenters. The third-order valence-electron chi connectivity index (χ3n) is 8.76. The van der Waals surface area contributed by atoms with Crippen LogP contribution in [0.4, 0.5) is 15.9 Å². The van der Waals surface area contributed by atoms with Crippen molar-refractivity contribution in [3.63, 3.8) is 0 Å². The van der Waals surface area contributed by atoms with Crippen molar-refractivity contribution in [2.75, 3.05) is 62.8 Å². The van der Waals surface area contributed by atoms with Gasteiger partial charge in [0.15, 0.2) is 0 Å². The van der Waals surface area contributed by atoms with E-state index in [4.69, 9.17) is 21.1 Å². The van der Waals surface area contributed by atoms with Crippen LogP contribution in [0.15, 0.2) is 24.4 Å². The molecule has 1 N–H and O–H groups in total. The molecule has 1 aromatic heterocycles. The Bertz CT molecular complexity index is 1140. The van der Waals surface area contributed by atoms with Crippen LogP contribution in [0.2, 0.25) is 5.02 Å². The van der Waals surface area contributed by atoms with Gasteiger partial charge in [-0.25, -0.2) is 9.37 Å². The molecule has 36 heavy (non-hydrogen) atoms. The minimum absolute atomic E-state index is 0.0687. The lowest BCUT2D eigenvalue weighted by Crippen LogP contribution is -2.59. The number of nitrogens with zero attached hydrogens (tertiary/aromatic N) is 3. The van der Waals surface area contributed by atoms with Crippen molar-refractivity contribution in [2.45, 2.75) is 37.9 Å². The van der Waals surface area contributed by atoms with Crippen molar-refractivity contribution in [1.29, 1.82) is 0 Å². The van der Waals surface area contributed by atoms with E-state index in [9.17, 15) is 9.18 Å². The predicted molar refractivity (Wildman–Crippen MR) is 138 cm³/mol. The largest absolute Gasteiger partial charge is 0.381 e. The number of aromatic nitrogens is 1. The van der Waals surface area contributed by atoms with Gasteiger partial charge < -0.3 is 19.7 Å². The highest BCUT2D eigenvalue weighted by Crippen LogP contribution is 2.48. The van der Waals surface area contributed by atoms with Crippen molar-refractivity contribution in [3.8, 4) is 0 Å². The molecule has 0 spiro atoms. The van der Waals surface area contributed by atoms with Crippen LogP contribution in [0.1, 0.15) is 26.2 Å². The first-order valence-corrected chi connectivity index (χ1v) is 13.5. The van der Waals surface area contributed by atoms with Crippen LogP contribution in [0.3, 0.4) is 0 Å². The third-order valence-corrected chi connectivity index (χ3v) is 9.07. The number of amides is 1. The van der Waals surface area contributed by atoms with E-state index in [0.717, 1.165) is 75.1 Å². The highest BCUT2D eigenvalue weighted by atomic mass is 35.5. The van der Waals surface area contributed by atoms with E-state index in [2.05, 4.69) is 26.2 Å². The maximum Gasteiger partial charge on any atom is 0.228 e. The fourth-order valence-corrected chi connectivity index (χ4v) is 6.54. The smallest absolute Gasteiger partial charge is 0.228 e. The van der Waals surface area contributed by atoms with E-state index >= 15 is 0 Å². The van der Waals surface area contributed by atoms with Crippen LogP contribution in [-0.4, -0.2) is 80.1 Å². The van der Waals surface area contributed by atoms with Crippen molar-refractivity contribution in [3.05, 3.63) is 29.4 Å².